The van der Waals surface area contributed by atoms with Gasteiger partial charge in [-0.3, -0.25) is 0 Å². The maximum absolute atomic E-state index is 6.29. The van der Waals surface area contributed by atoms with Crippen molar-refractivity contribution in [3.63, 3.8) is 0 Å². The highest BCUT2D eigenvalue weighted by molar-refractivity contribution is 4.97. The molecule has 3 unspecified atom stereocenters. The molecule has 0 aromatic carbocycles. The monoisotopic (exact) mass is 255 g/mol. The summed E-state index contributed by atoms with van der Waals surface area (Å²) in [6.45, 7) is 10.9. The maximum atomic E-state index is 6.29. The number of unbranched alkanes of at least 4 members (excludes halogenated alkanes) is 1. The Hall–Kier alpha value is -0.0800. The Morgan fingerprint density at radius 3 is 2.67 bits per heavy atom. The van der Waals surface area contributed by atoms with Crippen molar-refractivity contribution in [2.45, 2.75) is 84.3 Å². The van der Waals surface area contributed by atoms with Crippen LogP contribution in [-0.4, -0.2) is 24.8 Å². The van der Waals surface area contributed by atoms with Crippen LogP contribution in [0, 0.1) is 5.92 Å². The van der Waals surface area contributed by atoms with E-state index >= 15 is 0 Å². The molecule has 1 aliphatic carbocycles. The third-order valence-corrected chi connectivity index (χ3v) is 4.35. The van der Waals surface area contributed by atoms with Crippen molar-refractivity contribution in [1.29, 1.82) is 0 Å². The standard InChI is InChI=1S/C16H33NO/c1-5-8-11-15(17-6-2)16(18-7-3)12-9-10-14(4)13-16/h14-15,17H,5-13H2,1-4H3. The molecule has 1 fully saturated rings. The van der Waals surface area contributed by atoms with Crippen LogP contribution in [0.25, 0.3) is 0 Å². The molecular weight excluding hydrogens is 222 g/mol. The molecule has 0 bridgehead atoms. The van der Waals surface area contributed by atoms with Gasteiger partial charge in [-0.15, -0.1) is 0 Å². The maximum Gasteiger partial charge on any atom is 0.0837 e. The van der Waals surface area contributed by atoms with E-state index in [9.17, 15) is 0 Å². The summed E-state index contributed by atoms with van der Waals surface area (Å²) in [5, 5.41) is 3.71. The van der Waals surface area contributed by atoms with Crippen LogP contribution in [-0.2, 0) is 4.74 Å². The molecule has 1 saturated carbocycles. The lowest BCUT2D eigenvalue weighted by molar-refractivity contribution is -0.102. The van der Waals surface area contributed by atoms with E-state index in [-0.39, 0.29) is 5.60 Å². The number of nitrogens with one attached hydrogen (secondary N) is 1. The summed E-state index contributed by atoms with van der Waals surface area (Å²) in [6.07, 6.45) is 9.03. The van der Waals surface area contributed by atoms with Crippen molar-refractivity contribution in [1.82, 2.24) is 5.32 Å². The SMILES string of the molecule is CCCCC(NCC)C1(OCC)CCCC(C)C1. The van der Waals surface area contributed by atoms with Crippen molar-refractivity contribution < 1.29 is 4.74 Å². The van der Waals surface area contributed by atoms with E-state index in [2.05, 4.69) is 33.0 Å². The molecule has 0 saturated heterocycles. The molecule has 1 N–H and O–H groups in total. The van der Waals surface area contributed by atoms with Gasteiger partial charge in [-0.2, -0.15) is 0 Å². The van der Waals surface area contributed by atoms with Gasteiger partial charge >= 0.3 is 0 Å². The molecule has 0 aliphatic heterocycles. The van der Waals surface area contributed by atoms with E-state index in [4.69, 9.17) is 4.74 Å². The topological polar surface area (TPSA) is 21.3 Å². The quantitative estimate of drug-likeness (QED) is 0.704. The number of hydrogen-bond acceptors (Lipinski definition) is 2. The molecule has 0 radical (unpaired) electrons. The largest absolute Gasteiger partial charge is 0.374 e. The Morgan fingerprint density at radius 2 is 2.11 bits per heavy atom. The Bertz CT molecular complexity index is 215. The van der Waals surface area contributed by atoms with Crippen molar-refractivity contribution >= 4 is 0 Å². The Balaban J connectivity index is 2.76. The third-order valence-electron chi connectivity index (χ3n) is 4.35. The number of hydrogen-bond donors (Lipinski definition) is 1. The fourth-order valence-corrected chi connectivity index (χ4v) is 3.59. The average Bonchev–Trinajstić information content (AvgIpc) is 2.34. The fraction of sp³-hybridized carbons (Fsp3) is 1.00. The average molecular weight is 255 g/mol. The van der Waals surface area contributed by atoms with E-state index in [1.807, 2.05) is 0 Å². The van der Waals surface area contributed by atoms with Crippen molar-refractivity contribution in [3.05, 3.63) is 0 Å². The lowest BCUT2D eigenvalue weighted by Gasteiger charge is -2.45. The summed E-state index contributed by atoms with van der Waals surface area (Å²) in [5.74, 6) is 0.813. The summed E-state index contributed by atoms with van der Waals surface area (Å²) in [5.41, 5.74) is 0.109. The zero-order valence-corrected chi connectivity index (χ0v) is 12.9. The van der Waals surface area contributed by atoms with E-state index < -0.39 is 0 Å². The number of ether oxygens (including phenoxy) is 1. The summed E-state index contributed by atoms with van der Waals surface area (Å²) >= 11 is 0. The van der Waals surface area contributed by atoms with Gasteiger partial charge in [0.15, 0.2) is 0 Å². The molecule has 0 aromatic heterocycles. The van der Waals surface area contributed by atoms with E-state index in [0.717, 1.165) is 19.1 Å². The predicted octanol–water partition coefficient (Wildman–Crippen LogP) is 4.14. The minimum Gasteiger partial charge on any atom is -0.374 e. The molecule has 0 aromatic rings. The summed E-state index contributed by atoms with van der Waals surface area (Å²) < 4.78 is 6.29. The Kier molecular flexibility index (Phi) is 7.25. The fourth-order valence-electron chi connectivity index (χ4n) is 3.59. The first-order valence-corrected chi connectivity index (χ1v) is 8.05. The van der Waals surface area contributed by atoms with Crippen LogP contribution in [0.4, 0.5) is 0 Å². The molecule has 108 valence electrons. The van der Waals surface area contributed by atoms with Crippen LogP contribution >= 0.6 is 0 Å². The summed E-state index contributed by atoms with van der Waals surface area (Å²) in [7, 11) is 0. The van der Waals surface area contributed by atoms with Gasteiger partial charge in [0, 0.05) is 12.6 Å². The van der Waals surface area contributed by atoms with Gasteiger partial charge in [0.05, 0.1) is 5.60 Å². The Morgan fingerprint density at radius 1 is 1.33 bits per heavy atom. The third kappa shape index (κ3) is 4.24. The number of rotatable bonds is 8. The van der Waals surface area contributed by atoms with Crippen LogP contribution in [0.5, 0.6) is 0 Å². The zero-order valence-electron chi connectivity index (χ0n) is 12.9. The lowest BCUT2D eigenvalue weighted by atomic mass is 9.73. The first-order valence-electron chi connectivity index (χ1n) is 8.05. The van der Waals surface area contributed by atoms with Crippen LogP contribution in [0.15, 0.2) is 0 Å². The molecule has 0 spiro atoms. The highest BCUT2D eigenvalue weighted by atomic mass is 16.5. The second kappa shape index (κ2) is 8.16. The molecular formula is C16H33NO. The van der Waals surface area contributed by atoms with Gasteiger partial charge in [0.25, 0.3) is 0 Å². The van der Waals surface area contributed by atoms with Crippen LogP contribution in [0.2, 0.25) is 0 Å². The molecule has 18 heavy (non-hydrogen) atoms. The van der Waals surface area contributed by atoms with Crippen LogP contribution in [0.1, 0.15) is 72.6 Å². The first kappa shape index (κ1) is 16.0. The minimum atomic E-state index is 0.109. The van der Waals surface area contributed by atoms with Gasteiger partial charge in [-0.25, -0.2) is 0 Å². The van der Waals surface area contributed by atoms with Crippen molar-refractivity contribution in [2.24, 2.45) is 5.92 Å². The van der Waals surface area contributed by atoms with Crippen molar-refractivity contribution in [3.8, 4) is 0 Å². The normalized spacial score (nSPS) is 30.3. The zero-order chi connectivity index (χ0) is 13.4. The van der Waals surface area contributed by atoms with Gasteiger partial charge in [0.2, 0.25) is 0 Å². The highest BCUT2D eigenvalue weighted by Crippen LogP contribution is 2.39. The van der Waals surface area contributed by atoms with E-state index in [1.54, 1.807) is 0 Å². The predicted molar refractivity (Wildman–Crippen MR) is 79.0 cm³/mol. The van der Waals surface area contributed by atoms with E-state index in [0.29, 0.717) is 6.04 Å². The number of likely N-dealkylation sites (N-methyl/N-ethyl adjacent to an activating group) is 1. The minimum absolute atomic E-state index is 0.109. The van der Waals surface area contributed by atoms with Gasteiger partial charge in [-0.1, -0.05) is 46.5 Å². The second-order valence-electron chi connectivity index (χ2n) is 5.95. The first-order chi connectivity index (χ1) is 8.68. The van der Waals surface area contributed by atoms with Crippen LogP contribution in [0.3, 0.4) is 0 Å². The van der Waals surface area contributed by atoms with Gasteiger partial charge in [-0.05, 0) is 38.6 Å². The molecule has 2 heteroatoms. The summed E-state index contributed by atoms with van der Waals surface area (Å²) in [4.78, 5) is 0. The highest BCUT2D eigenvalue weighted by Gasteiger charge is 2.41. The molecule has 1 aliphatic rings. The second-order valence-corrected chi connectivity index (χ2v) is 5.95. The molecule has 1 rings (SSSR count). The molecule has 0 heterocycles. The van der Waals surface area contributed by atoms with Gasteiger partial charge < -0.3 is 10.1 Å². The molecule has 0 amide bonds. The molecule has 2 nitrogen and oxygen atoms in total. The summed E-state index contributed by atoms with van der Waals surface area (Å²) in [6, 6.07) is 0.546. The lowest BCUT2D eigenvalue weighted by Crippen LogP contribution is -2.54. The Labute approximate surface area is 114 Å². The van der Waals surface area contributed by atoms with E-state index in [1.165, 1.54) is 44.9 Å². The van der Waals surface area contributed by atoms with Gasteiger partial charge in [0.1, 0.15) is 0 Å². The molecule has 3 atom stereocenters. The van der Waals surface area contributed by atoms with Crippen molar-refractivity contribution in [2.75, 3.05) is 13.2 Å². The smallest absolute Gasteiger partial charge is 0.0837 e. The van der Waals surface area contributed by atoms with Crippen LogP contribution < -0.4 is 5.32 Å².